The number of carbonyl (C=O) groups excluding carboxylic acids is 2. The zero-order valence-electron chi connectivity index (χ0n) is 13.5. The van der Waals surface area contributed by atoms with E-state index in [0.717, 1.165) is 5.52 Å². The number of carbonyl (C=O) groups is 2. The number of nitrogens with zero attached hydrogens (tertiary/aromatic N) is 3. The Morgan fingerprint density at radius 3 is 2.84 bits per heavy atom. The minimum atomic E-state index is -0.573. The summed E-state index contributed by atoms with van der Waals surface area (Å²) in [5, 5.41) is 10.5. The standard InChI is InChI=1S/C17H16N4O4/c1-24-13-6-4-5-12(9-13)18-16(22)11-25-17(23)10-21-15-8-3-2-7-14(15)19-20-21/h2-9H,10-11H2,1H3,(H,18,22). The number of para-hydroxylation sites is 1. The number of amides is 1. The van der Waals surface area contributed by atoms with Crippen LogP contribution in [-0.4, -0.2) is 40.6 Å². The fraction of sp³-hybridized carbons (Fsp3) is 0.176. The van der Waals surface area contributed by atoms with Crippen LogP contribution in [0.15, 0.2) is 48.5 Å². The van der Waals surface area contributed by atoms with Crippen molar-refractivity contribution >= 4 is 28.6 Å². The maximum Gasteiger partial charge on any atom is 0.328 e. The van der Waals surface area contributed by atoms with E-state index in [4.69, 9.17) is 9.47 Å². The minimum Gasteiger partial charge on any atom is -0.497 e. The van der Waals surface area contributed by atoms with Crippen LogP contribution >= 0.6 is 0 Å². The van der Waals surface area contributed by atoms with Crippen LogP contribution in [0.3, 0.4) is 0 Å². The summed E-state index contributed by atoms with van der Waals surface area (Å²) >= 11 is 0. The Hall–Kier alpha value is -3.42. The average Bonchev–Trinajstić information content (AvgIpc) is 3.03. The molecule has 0 saturated heterocycles. The molecule has 1 heterocycles. The maximum atomic E-state index is 11.9. The van der Waals surface area contributed by atoms with Gasteiger partial charge in [-0.1, -0.05) is 23.4 Å². The molecule has 128 valence electrons. The highest BCUT2D eigenvalue weighted by Gasteiger charge is 2.12. The van der Waals surface area contributed by atoms with Crippen LogP contribution in [0.4, 0.5) is 5.69 Å². The summed E-state index contributed by atoms with van der Waals surface area (Å²) in [4.78, 5) is 23.8. The fourth-order valence-corrected chi connectivity index (χ4v) is 2.25. The first kappa shape index (κ1) is 16.4. The van der Waals surface area contributed by atoms with Gasteiger partial charge >= 0.3 is 5.97 Å². The zero-order chi connectivity index (χ0) is 17.6. The normalized spacial score (nSPS) is 10.4. The van der Waals surface area contributed by atoms with E-state index < -0.39 is 11.9 Å². The number of rotatable bonds is 6. The van der Waals surface area contributed by atoms with Gasteiger partial charge in [-0.05, 0) is 24.3 Å². The van der Waals surface area contributed by atoms with Crippen molar-refractivity contribution in [3.05, 3.63) is 48.5 Å². The van der Waals surface area contributed by atoms with Crippen LogP contribution in [0, 0.1) is 0 Å². The lowest BCUT2D eigenvalue weighted by Crippen LogP contribution is -2.23. The number of nitrogens with one attached hydrogen (secondary N) is 1. The molecule has 0 unspecified atom stereocenters. The molecule has 1 amide bonds. The van der Waals surface area contributed by atoms with Gasteiger partial charge in [0, 0.05) is 11.8 Å². The van der Waals surface area contributed by atoms with Crippen molar-refractivity contribution in [2.75, 3.05) is 19.0 Å². The first-order chi connectivity index (χ1) is 12.2. The van der Waals surface area contributed by atoms with Crippen molar-refractivity contribution in [3.63, 3.8) is 0 Å². The number of hydrogen-bond donors (Lipinski definition) is 1. The van der Waals surface area contributed by atoms with Crippen LogP contribution < -0.4 is 10.1 Å². The van der Waals surface area contributed by atoms with Gasteiger partial charge in [-0.3, -0.25) is 9.59 Å². The van der Waals surface area contributed by atoms with Crippen molar-refractivity contribution in [3.8, 4) is 5.75 Å². The van der Waals surface area contributed by atoms with Crippen LogP contribution in [-0.2, 0) is 20.9 Å². The molecule has 3 rings (SSSR count). The molecule has 0 aliphatic carbocycles. The van der Waals surface area contributed by atoms with Crippen LogP contribution in [0.1, 0.15) is 0 Å². The summed E-state index contributed by atoms with van der Waals surface area (Å²) in [7, 11) is 1.54. The first-order valence-electron chi connectivity index (χ1n) is 7.53. The molecule has 25 heavy (non-hydrogen) atoms. The molecular formula is C17H16N4O4. The monoisotopic (exact) mass is 340 g/mol. The van der Waals surface area contributed by atoms with E-state index in [1.165, 1.54) is 11.8 Å². The van der Waals surface area contributed by atoms with Crippen molar-refractivity contribution < 1.29 is 19.1 Å². The summed E-state index contributed by atoms with van der Waals surface area (Å²) in [6.07, 6.45) is 0. The van der Waals surface area contributed by atoms with E-state index >= 15 is 0 Å². The number of fused-ring (bicyclic) bond motifs is 1. The quantitative estimate of drug-likeness (QED) is 0.685. The third-order valence-electron chi connectivity index (χ3n) is 3.42. The second-order valence-corrected chi connectivity index (χ2v) is 5.18. The fourth-order valence-electron chi connectivity index (χ4n) is 2.25. The van der Waals surface area contributed by atoms with Gasteiger partial charge < -0.3 is 14.8 Å². The van der Waals surface area contributed by atoms with Gasteiger partial charge in [0.15, 0.2) is 6.61 Å². The Morgan fingerprint density at radius 2 is 2.00 bits per heavy atom. The summed E-state index contributed by atoms with van der Waals surface area (Å²) in [6, 6.07) is 14.2. The minimum absolute atomic E-state index is 0.118. The third kappa shape index (κ3) is 4.11. The molecule has 1 N–H and O–H groups in total. The number of esters is 1. The Morgan fingerprint density at radius 1 is 1.16 bits per heavy atom. The van der Waals surface area contributed by atoms with Crippen molar-refractivity contribution in [2.24, 2.45) is 0 Å². The summed E-state index contributed by atoms with van der Waals surface area (Å²) in [6.45, 7) is -0.504. The van der Waals surface area contributed by atoms with Gasteiger partial charge in [0.25, 0.3) is 5.91 Å². The molecule has 2 aromatic carbocycles. The van der Waals surface area contributed by atoms with Gasteiger partial charge in [-0.25, -0.2) is 4.68 Å². The summed E-state index contributed by atoms with van der Waals surface area (Å²) < 4.78 is 11.5. The Bertz CT molecular complexity index is 906. The van der Waals surface area contributed by atoms with Crippen molar-refractivity contribution in [2.45, 2.75) is 6.54 Å². The first-order valence-corrected chi connectivity index (χ1v) is 7.53. The van der Waals surface area contributed by atoms with Gasteiger partial charge in [0.1, 0.15) is 17.8 Å². The Labute approximate surface area is 143 Å². The molecule has 0 aliphatic rings. The largest absolute Gasteiger partial charge is 0.497 e. The number of anilines is 1. The van der Waals surface area contributed by atoms with Gasteiger partial charge in [-0.15, -0.1) is 5.10 Å². The van der Waals surface area contributed by atoms with Gasteiger partial charge in [-0.2, -0.15) is 0 Å². The molecular weight excluding hydrogens is 324 g/mol. The van der Waals surface area contributed by atoms with Crippen LogP contribution in [0.2, 0.25) is 0 Å². The molecule has 0 radical (unpaired) electrons. The predicted octanol–water partition coefficient (Wildman–Crippen LogP) is 1.62. The van der Waals surface area contributed by atoms with E-state index in [2.05, 4.69) is 15.6 Å². The lowest BCUT2D eigenvalue weighted by Gasteiger charge is -2.08. The Balaban J connectivity index is 1.52. The second kappa shape index (κ2) is 7.43. The van der Waals surface area contributed by atoms with E-state index in [-0.39, 0.29) is 13.2 Å². The number of hydrogen-bond acceptors (Lipinski definition) is 6. The van der Waals surface area contributed by atoms with Gasteiger partial charge in [0.05, 0.1) is 12.6 Å². The van der Waals surface area contributed by atoms with E-state index in [1.54, 1.807) is 36.4 Å². The van der Waals surface area contributed by atoms with Gasteiger partial charge in [0.2, 0.25) is 0 Å². The highest BCUT2D eigenvalue weighted by Crippen LogP contribution is 2.16. The average molecular weight is 340 g/mol. The van der Waals surface area contributed by atoms with Crippen LogP contribution in [0.25, 0.3) is 11.0 Å². The number of benzene rings is 2. The predicted molar refractivity (Wildman–Crippen MR) is 90.1 cm³/mol. The molecule has 8 nitrogen and oxygen atoms in total. The Kier molecular flexibility index (Phi) is 4.89. The summed E-state index contributed by atoms with van der Waals surface area (Å²) in [5.74, 6) is -0.394. The molecule has 8 heteroatoms. The molecule has 3 aromatic rings. The SMILES string of the molecule is COc1cccc(NC(=O)COC(=O)Cn2nnc3ccccc32)c1. The highest BCUT2D eigenvalue weighted by atomic mass is 16.5. The topological polar surface area (TPSA) is 95.3 Å². The molecule has 0 fully saturated rings. The third-order valence-corrected chi connectivity index (χ3v) is 3.42. The van der Waals surface area contributed by atoms with Crippen molar-refractivity contribution in [1.29, 1.82) is 0 Å². The molecule has 0 spiro atoms. The van der Waals surface area contributed by atoms with Crippen molar-refractivity contribution in [1.82, 2.24) is 15.0 Å². The summed E-state index contributed by atoms with van der Waals surface area (Å²) in [5.41, 5.74) is 1.97. The van der Waals surface area contributed by atoms with E-state index in [0.29, 0.717) is 17.0 Å². The lowest BCUT2D eigenvalue weighted by molar-refractivity contribution is -0.148. The number of aromatic nitrogens is 3. The molecule has 0 aliphatic heterocycles. The molecule has 0 bridgehead atoms. The van der Waals surface area contributed by atoms with E-state index in [9.17, 15) is 9.59 Å². The smallest absolute Gasteiger partial charge is 0.328 e. The second-order valence-electron chi connectivity index (χ2n) is 5.18. The molecule has 1 aromatic heterocycles. The number of ether oxygens (including phenoxy) is 2. The maximum absolute atomic E-state index is 11.9. The van der Waals surface area contributed by atoms with E-state index in [1.807, 2.05) is 12.1 Å². The molecule has 0 atom stereocenters. The lowest BCUT2D eigenvalue weighted by atomic mass is 10.3. The molecule has 0 saturated carbocycles. The highest BCUT2D eigenvalue weighted by molar-refractivity contribution is 5.93. The zero-order valence-corrected chi connectivity index (χ0v) is 13.5. The number of methoxy groups -OCH3 is 1. The van der Waals surface area contributed by atoms with Crippen LogP contribution in [0.5, 0.6) is 5.75 Å².